The Hall–Kier alpha value is -0.340. The number of hydrogen-bond acceptors (Lipinski definition) is 4. The van der Waals surface area contributed by atoms with Crippen LogP contribution in [0, 0.1) is 5.92 Å². The molecule has 0 aliphatic rings. The summed E-state index contributed by atoms with van der Waals surface area (Å²) in [5.74, 6) is -1.29. The van der Waals surface area contributed by atoms with Gasteiger partial charge < -0.3 is 5.11 Å². The topological polar surface area (TPSA) is 83.5 Å². The molecule has 0 saturated heterocycles. The lowest BCUT2D eigenvalue weighted by Crippen LogP contribution is -2.29. The number of carboxylic acids is 1. The van der Waals surface area contributed by atoms with Gasteiger partial charge in [-0.25, -0.2) is 13.1 Å². The highest BCUT2D eigenvalue weighted by atomic mass is 35.5. The molecular weight excluding hydrogens is 321 g/mol. The fourth-order valence-corrected chi connectivity index (χ4v) is 4.52. The summed E-state index contributed by atoms with van der Waals surface area (Å²) in [5, 5.41) is 8.56. The number of thiophene rings is 1. The quantitative estimate of drug-likeness (QED) is 0.838. The molecule has 0 aliphatic heterocycles. The minimum Gasteiger partial charge on any atom is -0.481 e. The van der Waals surface area contributed by atoms with Crippen LogP contribution in [0.4, 0.5) is 0 Å². The summed E-state index contributed by atoms with van der Waals surface area (Å²) >= 11 is 12.4. The number of aliphatic carboxylic acids is 1. The number of nitrogens with one attached hydrogen (secondary N) is 1. The third-order valence-electron chi connectivity index (χ3n) is 2.06. The van der Waals surface area contributed by atoms with Gasteiger partial charge in [0.05, 0.1) is 4.34 Å². The zero-order valence-electron chi connectivity index (χ0n) is 9.31. The predicted molar refractivity (Wildman–Crippen MR) is 70.9 cm³/mol. The van der Waals surface area contributed by atoms with Gasteiger partial charge in [-0.3, -0.25) is 4.79 Å². The van der Waals surface area contributed by atoms with Crippen molar-refractivity contribution in [3.63, 3.8) is 0 Å². The van der Waals surface area contributed by atoms with Crippen molar-refractivity contribution in [2.24, 2.45) is 5.92 Å². The number of rotatable bonds is 6. The Morgan fingerprint density at radius 3 is 2.61 bits per heavy atom. The lowest BCUT2D eigenvalue weighted by molar-refractivity contribution is -0.137. The van der Waals surface area contributed by atoms with Crippen molar-refractivity contribution in [2.45, 2.75) is 18.2 Å². The van der Waals surface area contributed by atoms with E-state index in [0.717, 1.165) is 11.3 Å². The maximum atomic E-state index is 11.9. The Kier molecular flexibility index (Phi) is 5.42. The molecule has 1 aromatic rings. The third-order valence-corrected chi connectivity index (χ3v) is 5.24. The van der Waals surface area contributed by atoms with Gasteiger partial charge in [0.15, 0.2) is 0 Å². The van der Waals surface area contributed by atoms with Gasteiger partial charge in [0.1, 0.15) is 9.23 Å². The van der Waals surface area contributed by atoms with Crippen molar-refractivity contribution >= 4 is 50.5 Å². The standard InChI is InChI=1S/C9H11Cl2NO4S2/c1-5(2-8(13)14)4-12-18(15,16)6-3-7(10)17-9(6)11/h3,5,12H,2,4H2,1H3,(H,13,14). The normalized spacial score (nSPS) is 13.5. The Bertz CT molecular complexity index is 541. The molecule has 18 heavy (non-hydrogen) atoms. The summed E-state index contributed by atoms with van der Waals surface area (Å²) < 4.78 is 26.4. The zero-order valence-corrected chi connectivity index (χ0v) is 12.5. The van der Waals surface area contributed by atoms with Gasteiger partial charge in [-0.1, -0.05) is 30.1 Å². The van der Waals surface area contributed by atoms with Crippen LogP contribution >= 0.6 is 34.5 Å². The molecule has 0 bridgehead atoms. The van der Waals surface area contributed by atoms with Crippen molar-refractivity contribution < 1.29 is 18.3 Å². The Labute approximate surface area is 119 Å². The second-order valence-electron chi connectivity index (χ2n) is 3.74. The number of halogens is 2. The van der Waals surface area contributed by atoms with Crippen LogP contribution in [0.1, 0.15) is 13.3 Å². The van der Waals surface area contributed by atoms with Gasteiger partial charge in [-0.15, -0.1) is 11.3 Å². The van der Waals surface area contributed by atoms with E-state index in [1.54, 1.807) is 6.92 Å². The first-order valence-electron chi connectivity index (χ1n) is 4.88. The van der Waals surface area contributed by atoms with Gasteiger partial charge in [-0.2, -0.15) is 0 Å². The molecule has 2 N–H and O–H groups in total. The molecule has 0 radical (unpaired) electrons. The second-order valence-corrected chi connectivity index (χ2v) is 7.76. The molecule has 0 amide bonds. The monoisotopic (exact) mass is 331 g/mol. The SMILES string of the molecule is CC(CNS(=O)(=O)c1cc(Cl)sc1Cl)CC(=O)O. The molecule has 0 fully saturated rings. The Morgan fingerprint density at radius 2 is 2.17 bits per heavy atom. The van der Waals surface area contributed by atoms with E-state index in [0.29, 0.717) is 0 Å². The van der Waals surface area contributed by atoms with E-state index >= 15 is 0 Å². The predicted octanol–water partition coefficient (Wildman–Crippen LogP) is 2.44. The minimum absolute atomic E-state index is 0.0262. The van der Waals surface area contributed by atoms with Crippen LogP contribution in [0.3, 0.4) is 0 Å². The lowest BCUT2D eigenvalue weighted by atomic mass is 10.1. The maximum Gasteiger partial charge on any atom is 0.303 e. The summed E-state index contributed by atoms with van der Waals surface area (Å²) in [7, 11) is -3.75. The van der Waals surface area contributed by atoms with Crippen molar-refractivity contribution in [1.82, 2.24) is 4.72 Å². The van der Waals surface area contributed by atoms with Crippen LogP contribution < -0.4 is 4.72 Å². The van der Waals surface area contributed by atoms with Gasteiger partial charge in [0.2, 0.25) is 10.0 Å². The van der Waals surface area contributed by atoms with Crippen LogP contribution in [0.5, 0.6) is 0 Å². The fourth-order valence-electron chi connectivity index (χ4n) is 1.21. The molecule has 9 heteroatoms. The summed E-state index contributed by atoms with van der Waals surface area (Å²) in [4.78, 5) is 10.4. The summed E-state index contributed by atoms with van der Waals surface area (Å²) in [6, 6.07) is 1.26. The number of hydrogen-bond donors (Lipinski definition) is 2. The van der Waals surface area contributed by atoms with E-state index in [1.807, 2.05) is 0 Å². The van der Waals surface area contributed by atoms with Crippen LogP contribution in [-0.2, 0) is 14.8 Å². The third kappa shape index (κ3) is 4.40. The first-order chi connectivity index (χ1) is 8.22. The summed E-state index contributed by atoms with van der Waals surface area (Å²) in [6.07, 6.45) is -0.110. The van der Waals surface area contributed by atoms with E-state index in [9.17, 15) is 13.2 Å². The van der Waals surface area contributed by atoms with E-state index in [1.165, 1.54) is 6.07 Å². The smallest absolute Gasteiger partial charge is 0.303 e. The molecule has 102 valence electrons. The lowest BCUT2D eigenvalue weighted by Gasteiger charge is -2.10. The molecule has 1 unspecified atom stereocenters. The van der Waals surface area contributed by atoms with Gasteiger partial charge >= 0.3 is 5.97 Å². The molecule has 1 atom stereocenters. The average molecular weight is 332 g/mol. The van der Waals surface area contributed by atoms with E-state index in [2.05, 4.69) is 4.72 Å². The number of carboxylic acid groups (broad SMARTS) is 1. The Balaban J connectivity index is 2.72. The first-order valence-corrected chi connectivity index (χ1v) is 7.94. The van der Waals surface area contributed by atoms with Crippen LogP contribution in [0.15, 0.2) is 11.0 Å². The number of sulfonamides is 1. The van der Waals surface area contributed by atoms with Crippen LogP contribution in [0.25, 0.3) is 0 Å². The molecule has 1 heterocycles. The second kappa shape index (κ2) is 6.21. The molecule has 1 aromatic heterocycles. The summed E-state index contributed by atoms with van der Waals surface area (Å²) in [6.45, 7) is 1.66. The zero-order chi connectivity index (χ0) is 13.9. The van der Waals surface area contributed by atoms with Crippen molar-refractivity contribution in [3.05, 3.63) is 14.7 Å². The van der Waals surface area contributed by atoms with Crippen LogP contribution in [-0.4, -0.2) is 26.0 Å². The highest BCUT2D eigenvalue weighted by Crippen LogP contribution is 2.34. The van der Waals surface area contributed by atoms with Crippen LogP contribution in [0.2, 0.25) is 8.67 Å². The highest BCUT2D eigenvalue weighted by Gasteiger charge is 2.21. The molecule has 0 spiro atoms. The van der Waals surface area contributed by atoms with Crippen molar-refractivity contribution in [3.8, 4) is 0 Å². The summed E-state index contributed by atoms with van der Waals surface area (Å²) in [5.41, 5.74) is 0. The minimum atomic E-state index is -3.75. The maximum absolute atomic E-state index is 11.9. The molecule has 5 nitrogen and oxygen atoms in total. The van der Waals surface area contributed by atoms with Crippen molar-refractivity contribution in [1.29, 1.82) is 0 Å². The van der Waals surface area contributed by atoms with Gasteiger partial charge in [0, 0.05) is 13.0 Å². The molecule has 0 saturated carbocycles. The van der Waals surface area contributed by atoms with E-state index in [-0.39, 0.29) is 32.5 Å². The highest BCUT2D eigenvalue weighted by molar-refractivity contribution is 7.89. The van der Waals surface area contributed by atoms with Crippen molar-refractivity contribution in [2.75, 3.05) is 6.54 Å². The molecule has 1 rings (SSSR count). The average Bonchev–Trinajstić information content (AvgIpc) is 2.55. The molecule has 0 aromatic carbocycles. The number of carbonyl (C=O) groups is 1. The van der Waals surface area contributed by atoms with Gasteiger partial charge in [0.25, 0.3) is 0 Å². The Morgan fingerprint density at radius 1 is 1.56 bits per heavy atom. The fraction of sp³-hybridized carbons (Fsp3) is 0.444. The van der Waals surface area contributed by atoms with Gasteiger partial charge in [-0.05, 0) is 12.0 Å². The van der Waals surface area contributed by atoms with E-state index in [4.69, 9.17) is 28.3 Å². The molecule has 0 aliphatic carbocycles. The largest absolute Gasteiger partial charge is 0.481 e. The first kappa shape index (κ1) is 15.7. The van der Waals surface area contributed by atoms with E-state index < -0.39 is 16.0 Å². The molecular formula is C9H11Cl2NO4S2.